The molecule has 18 heavy (non-hydrogen) atoms. The molecule has 0 fully saturated rings. The minimum absolute atomic E-state index is 0.305. The summed E-state index contributed by atoms with van der Waals surface area (Å²) in [5, 5.41) is 6.63. The van der Waals surface area contributed by atoms with Crippen molar-refractivity contribution in [2.45, 2.75) is 17.3 Å². The van der Waals surface area contributed by atoms with Crippen molar-refractivity contribution in [1.82, 2.24) is 15.2 Å². The Bertz CT molecular complexity index is 511. The minimum atomic E-state index is -0.441. The number of rotatable bonds is 4. The zero-order chi connectivity index (χ0) is 13.0. The summed E-state index contributed by atoms with van der Waals surface area (Å²) in [5.74, 6) is -0.305. The highest BCUT2D eigenvalue weighted by Crippen LogP contribution is 2.34. The fourth-order valence-electron chi connectivity index (χ4n) is 1.46. The molecule has 1 atom stereocenters. The third-order valence-corrected chi connectivity index (χ3v) is 3.54. The van der Waals surface area contributed by atoms with Gasteiger partial charge in [-0.2, -0.15) is 5.10 Å². The number of ether oxygens (including phenoxy) is 1. The molecule has 0 aliphatic rings. The monoisotopic (exact) mass is 263 g/mol. The van der Waals surface area contributed by atoms with Gasteiger partial charge in [0.25, 0.3) is 0 Å². The number of aryl methyl sites for hydroxylation is 1. The van der Waals surface area contributed by atoms with Crippen molar-refractivity contribution in [2.75, 3.05) is 7.11 Å². The zero-order valence-electron chi connectivity index (χ0n) is 10.1. The molecule has 94 valence electrons. The predicted octanol–water partition coefficient (Wildman–Crippen LogP) is 2.12. The van der Waals surface area contributed by atoms with Gasteiger partial charge in [-0.25, -0.2) is 4.98 Å². The topological polar surface area (TPSA) is 67.9 Å². The second kappa shape index (κ2) is 5.68. The lowest BCUT2D eigenvalue weighted by molar-refractivity contribution is -0.140. The van der Waals surface area contributed by atoms with E-state index in [0.29, 0.717) is 5.16 Å². The van der Waals surface area contributed by atoms with Crippen molar-refractivity contribution in [3.05, 3.63) is 41.7 Å². The summed E-state index contributed by atoms with van der Waals surface area (Å²) in [5.41, 5.74) is 2.03. The number of esters is 1. The maximum absolute atomic E-state index is 11.8. The summed E-state index contributed by atoms with van der Waals surface area (Å²) >= 11 is 1.28. The Kier molecular flexibility index (Phi) is 3.99. The third-order valence-electron chi connectivity index (χ3n) is 2.42. The van der Waals surface area contributed by atoms with Gasteiger partial charge in [0, 0.05) is 0 Å². The Hall–Kier alpha value is -1.82. The van der Waals surface area contributed by atoms with E-state index in [2.05, 4.69) is 15.2 Å². The van der Waals surface area contributed by atoms with E-state index in [1.165, 1.54) is 25.2 Å². The molecule has 1 heterocycles. The number of methoxy groups -OCH3 is 1. The molecule has 0 aliphatic carbocycles. The van der Waals surface area contributed by atoms with Crippen LogP contribution >= 0.6 is 11.8 Å². The van der Waals surface area contributed by atoms with E-state index in [9.17, 15) is 4.79 Å². The van der Waals surface area contributed by atoms with Crippen molar-refractivity contribution >= 4 is 17.7 Å². The van der Waals surface area contributed by atoms with Crippen LogP contribution < -0.4 is 0 Å². The summed E-state index contributed by atoms with van der Waals surface area (Å²) in [6, 6.07) is 7.76. The standard InChI is InChI=1S/C12H13N3O2S/c1-8-3-5-9(6-4-8)10(11(16)17-2)18-12-13-7-14-15-12/h3-7,10H,1-2H3,(H,13,14,15). The molecular weight excluding hydrogens is 250 g/mol. The third kappa shape index (κ3) is 2.89. The number of nitrogens with zero attached hydrogens (tertiary/aromatic N) is 2. The summed E-state index contributed by atoms with van der Waals surface area (Å²) in [6.45, 7) is 2.00. The highest BCUT2D eigenvalue weighted by Gasteiger charge is 2.23. The molecule has 2 rings (SSSR count). The van der Waals surface area contributed by atoms with Gasteiger partial charge in [-0.05, 0) is 12.5 Å². The number of hydrogen-bond acceptors (Lipinski definition) is 5. The van der Waals surface area contributed by atoms with Gasteiger partial charge in [0.1, 0.15) is 11.6 Å². The molecule has 0 radical (unpaired) electrons. The average molecular weight is 263 g/mol. The number of carbonyl (C=O) groups excluding carboxylic acids is 1. The summed E-state index contributed by atoms with van der Waals surface area (Å²) in [6.07, 6.45) is 1.41. The van der Waals surface area contributed by atoms with Crippen LogP contribution in [-0.4, -0.2) is 28.3 Å². The molecule has 0 aliphatic heterocycles. The van der Waals surface area contributed by atoms with Crippen LogP contribution in [0.3, 0.4) is 0 Å². The molecule has 0 saturated heterocycles. The lowest BCUT2D eigenvalue weighted by atomic mass is 10.1. The summed E-state index contributed by atoms with van der Waals surface area (Å²) in [4.78, 5) is 15.8. The Balaban J connectivity index is 2.25. The van der Waals surface area contributed by atoms with Crippen LogP contribution in [0.5, 0.6) is 0 Å². The van der Waals surface area contributed by atoms with Crippen LogP contribution in [0, 0.1) is 6.92 Å². The molecule has 0 amide bonds. The van der Waals surface area contributed by atoms with Crippen molar-refractivity contribution in [1.29, 1.82) is 0 Å². The first-order valence-corrected chi connectivity index (χ1v) is 6.25. The molecule has 0 spiro atoms. The number of benzene rings is 1. The predicted molar refractivity (Wildman–Crippen MR) is 68.2 cm³/mol. The lowest BCUT2D eigenvalue weighted by Crippen LogP contribution is -2.11. The normalized spacial score (nSPS) is 12.1. The molecule has 1 unspecified atom stereocenters. The Morgan fingerprint density at radius 3 is 2.67 bits per heavy atom. The number of aromatic nitrogens is 3. The first-order valence-electron chi connectivity index (χ1n) is 5.37. The number of carbonyl (C=O) groups is 1. The highest BCUT2D eigenvalue weighted by atomic mass is 32.2. The van der Waals surface area contributed by atoms with Gasteiger partial charge in [-0.1, -0.05) is 41.6 Å². The van der Waals surface area contributed by atoms with E-state index in [1.54, 1.807) is 0 Å². The summed E-state index contributed by atoms with van der Waals surface area (Å²) in [7, 11) is 1.38. The Labute approximate surface area is 109 Å². The largest absolute Gasteiger partial charge is 0.468 e. The van der Waals surface area contributed by atoms with E-state index in [-0.39, 0.29) is 5.97 Å². The van der Waals surface area contributed by atoms with Gasteiger partial charge in [0.05, 0.1) is 7.11 Å². The number of aromatic amines is 1. The van der Waals surface area contributed by atoms with Gasteiger partial charge in [-0.15, -0.1) is 0 Å². The van der Waals surface area contributed by atoms with Crippen LogP contribution in [0.2, 0.25) is 0 Å². The zero-order valence-corrected chi connectivity index (χ0v) is 10.9. The molecule has 0 saturated carbocycles. The quantitative estimate of drug-likeness (QED) is 0.676. The minimum Gasteiger partial charge on any atom is -0.468 e. The first kappa shape index (κ1) is 12.6. The van der Waals surface area contributed by atoms with Crippen LogP contribution in [0.15, 0.2) is 35.7 Å². The Morgan fingerprint density at radius 1 is 1.39 bits per heavy atom. The van der Waals surface area contributed by atoms with Crippen molar-refractivity contribution in [3.63, 3.8) is 0 Å². The van der Waals surface area contributed by atoms with Crippen molar-refractivity contribution < 1.29 is 9.53 Å². The number of H-pyrrole nitrogens is 1. The molecule has 1 aromatic heterocycles. The van der Waals surface area contributed by atoms with Crippen molar-refractivity contribution in [2.24, 2.45) is 0 Å². The highest BCUT2D eigenvalue weighted by molar-refractivity contribution is 8.00. The molecule has 2 aromatic rings. The maximum atomic E-state index is 11.8. The van der Waals surface area contributed by atoms with Crippen LogP contribution in [0.1, 0.15) is 16.4 Å². The van der Waals surface area contributed by atoms with Crippen LogP contribution in [0.25, 0.3) is 0 Å². The second-order valence-corrected chi connectivity index (χ2v) is 4.82. The fraction of sp³-hybridized carbons (Fsp3) is 0.250. The van der Waals surface area contributed by atoms with Crippen LogP contribution in [0.4, 0.5) is 0 Å². The molecular formula is C12H13N3O2S. The Morgan fingerprint density at radius 2 is 2.11 bits per heavy atom. The molecule has 1 N–H and O–H groups in total. The van der Waals surface area contributed by atoms with E-state index in [1.807, 2.05) is 31.2 Å². The van der Waals surface area contributed by atoms with Gasteiger partial charge < -0.3 is 4.74 Å². The summed E-state index contributed by atoms with van der Waals surface area (Å²) < 4.78 is 4.82. The smallest absolute Gasteiger partial charge is 0.323 e. The first-order chi connectivity index (χ1) is 8.70. The van der Waals surface area contributed by atoms with Gasteiger partial charge in [0.15, 0.2) is 5.16 Å². The van der Waals surface area contributed by atoms with E-state index >= 15 is 0 Å². The SMILES string of the molecule is COC(=O)C(Sc1ncn[nH]1)c1ccc(C)cc1. The fourth-order valence-corrected chi connectivity index (χ4v) is 2.39. The number of hydrogen-bond donors (Lipinski definition) is 1. The van der Waals surface area contributed by atoms with E-state index in [0.717, 1.165) is 11.1 Å². The number of thioether (sulfide) groups is 1. The maximum Gasteiger partial charge on any atom is 0.323 e. The molecule has 1 aromatic carbocycles. The van der Waals surface area contributed by atoms with Gasteiger partial charge in [-0.3, -0.25) is 9.89 Å². The second-order valence-electron chi connectivity index (χ2n) is 3.72. The van der Waals surface area contributed by atoms with Gasteiger partial charge in [0.2, 0.25) is 0 Å². The average Bonchev–Trinajstić information content (AvgIpc) is 2.89. The van der Waals surface area contributed by atoms with E-state index < -0.39 is 5.25 Å². The van der Waals surface area contributed by atoms with Crippen LogP contribution in [-0.2, 0) is 9.53 Å². The van der Waals surface area contributed by atoms with Gasteiger partial charge >= 0.3 is 5.97 Å². The molecule has 5 nitrogen and oxygen atoms in total. The molecule has 6 heteroatoms. The lowest BCUT2D eigenvalue weighted by Gasteiger charge is -2.13. The number of nitrogens with one attached hydrogen (secondary N) is 1. The molecule has 0 bridgehead atoms. The van der Waals surface area contributed by atoms with Crippen molar-refractivity contribution in [3.8, 4) is 0 Å². The van der Waals surface area contributed by atoms with E-state index in [4.69, 9.17) is 4.74 Å².